The molecular weight excluding hydrogens is 332 g/mol. The monoisotopic (exact) mass is 350 g/mol. The number of nitrogens with one attached hydrogen (secondary N) is 2. The van der Waals surface area contributed by atoms with Gasteiger partial charge in [-0.3, -0.25) is 25.1 Å². The standard InChI is InChI=1S/C19H18N4O3/c1-23-12-15(11-20-23)19(25)22-21-18(24)13-26-17-10-6-5-9-16(17)14-7-3-2-4-8-14/h2-12H,13H2,1H3,(H,21,24)(H,22,25). The van der Waals surface area contributed by atoms with Gasteiger partial charge in [0.15, 0.2) is 6.61 Å². The van der Waals surface area contributed by atoms with Crippen LogP contribution in [0.15, 0.2) is 67.0 Å². The number of para-hydroxylation sites is 1. The van der Waals surface area contributed by atoms with Gasteiger partial charge in [-0.1, -0.05) is 48.5 Å². The van der Waals surface area contributed by atoms with E-state index < -0.39 is 11.8 Å². The zero-order valence-electron chi connectivity index (χ0n) is 14.2. The number of ether oxygens (including phenoxy) is 1. The van der Waals surface area contributed by atoms with Crippen molar-refractivity contribution in [2.75, 3.05) is 6.61 Å². The summed E-state index contributed by atoms with van der Waals surface area (Å²) >= 11 is 0. The molecule has 7 heteroatoms. The first-order chi connectivity index (χ1) is 12.6. The molecule has 0 atom stereocenters. The van der Waals surface area contributed by atoms with Crippen molar-refractivity contribution in [3.05, 3.63) is 72.6 Å². The third-order valence-corrected chi connectivity index (χ3v) is 3.61. The van der Waals surface area contributed by atoms with Crippen LogP contribution in [-0.2, 0) is 11.8 Å². The van der Waals surface area contributed by atoms with Crippen molar-refractivity contribution in [2.24, 2.45) is 7.05 Å². The Bertz CT molecular complexity index is 906. The first-order valence-electron chi connectivity index (χ1n) is 7.98. The SMILES string of the molecule is Cn1cc(C(=O)NNC(=O)COc2ccccc2-c2ccccc2)cn1. The lowest BCUT2D eigenvalue weighted by Gasteiger charge is -2.12. The van der Waals surface area contributed by atoms with Gasteiger partial charge in [0.2, 0.25) is 0 Å². The van der Waals surface area contributed by atoms with Gasteiger partial charge in [-0.05, 0) is 11.6 Å². The number of benzene rings is 2. The summed E-state index contributed by atoms with van der Waals surface area (Å²) in [5, 5.41) is 3.90. The first kappa shape index (κ1) is 17.2. The molecule has 0 aliphatic heterocycles. The second-order valence-corrected chi connectivity index (χ2v) is 5.56. The number of carbonyl (C=O) groups is 2. The van der Waals surface area contributed by atoms with Gasteiger partial charge in [0.05, 0.1) is 11.8 Å². The Labute approximate surface area is 150 Å². The highest BCUT2D eigenvalue weighted by Gasteiger charge is 2.11. The van der Waals surface area contributed by atoms with E-state index in [1.165, 1.54) is 10.9 Å². The Morgan fingerprint density at radius 3 is 2.50 bits per heavy atom. The Morgan fingerprint density at radius 2 is 1.77 bits per heavy atom. The molecule has 1 aromatic heterocycles. The van der Waals surface area contributed by atoms with E-state index in [0.29, 0.717) is 11.3 Å². The Morgan fingerprint density at radius 1 is 1.04 bits per heavy atom. The van der Waals surface area contributed by atoms with Crippen molar-refractivity contribution >= 4 is 11.8 Å². The molecule has 2 N–H and O–H groups in total. The second-order valence-electron chi connectivity index (χ2n) is 5.56. The summed E-state index contributed by atoms with van der Waals surface area (Å²) in [5.74, 6) is -0.325. The average molecular weight is 350 g/mol. The van der Waals surface area contributed by atoms with Gasteiger partial charge in [-0.15, -0.1) is 0 Å². The van der Waals surface area contributed by atoms with Crippen molar-refractivity contribution in [3.8, 4) is 16.9 Å². The maximum absolute atomic E-state index is 11.9. The zero-order valence-corrected chi connectivity index (χ0v) is 14.2. The predicted molar refractivity (Wildman–Crippen MR) is 96.2 cm³/mol. The fourth-order valence-electron chi connectivity index (χ4n) is 2.37. The summed E-state index contributed by atoms with van der Waals surface area (Å²) in [6, 6.07) is 17.2. The van der Waals surface area contributed by atoms with E-state index in [9.17, 15) is 9.59 Å². The van der Waals surface area contributed by atoms with E-state index in [0.717, 1.165) is 11.1 Å². The third kappa shape index (κ3) is 4.27. The molecule has 0 bridgehead atoms. The molecule has 0 aliphatic carbocycles. The van der Waals surface area contributed by atoms with Crippen LogP contribution < -0.4 is 15.6 Å². The van der Waals surface area contributed by atoms with E-state index >= 15 is 0 Å². The first-order valence-corrected chi connectivity index (χ1v) is 7.98. The number of hydrogen-bond donors (Lipinski definition) is 2. The van der Waals surface area contributed by atoms with Gasteiger partial charge in [-0.25, -0.2) is 0 Å². The van der Waals surface area contributed by atoms with Crippen LogP contribution in [0.4, 0.5) is 0 Å². The number of nitrogens with zero attached hydrogens (tertiary/aromatic N) is 2. The molecule has 1 heterocycles. The fourth-order valence-corrected chi connectivity index (χ4v) is 2.37. The minimum Gasteiger partial charge on any atom is -0.483 e. The molecule has 0 spiro atoms. The third-order valence-electron chi connectivity index (χ3n) is 3.61. The van der Waals surface area contributed by atoms with Crippen LogP contribution in [0.1, 0.15) is 10.4 Å². The lowest BCUT2D eigenvalue weighted by atomic mass is 10.1. The second kappa shape index (κ2) is 7.98. The summed E-state index contributed by atoms with van der Waals surface area (Å²) in [4.78, 5) is 23.8. The highest BCUT2D eigenvalue weighted by molar-refractivity contribution is 5.95. The summed E-state index contributed by atoms with van der Waals surface area (Å²) in [6.45, 7) is -0.225. The molecule has 0 unspecified atom stereocenters. The van der Waals surface area contributed by atoms with Gasteiger partial charge in [0, 0.05) is 18.8 Å². The van der Waals surface area contributed by atoms with E-state index in [-0.39, 0.29) is 6.61 Å². The fraction of sp³-hybridized carbons (Fsp3) is 0.105. The van der Waals surface area contributed by atoms with Crippen molar-refractivity contribution in [1.29, 1.82) is 0 Å². The molecule has 2 amide bonds. The largest absolute Gasteiger partial charge is 0.483 e. The van der Waals surface area contributed by atoms with Crippen LogP contribution >= 0.6 is 0 Å². The molecule has 0 saturated heterocycles. The van der Waals surface area contributed by atoms with E-state index in [1.807, 2.05) is 48.5 Å². The molecule has 0 saturated carbocycles. The van der Waals surface area contributed by atoms with E-state index in [2.05, 4.69) is 16.0 Å². The van der Waals surface area contributed by atoms with Crippen molar-refractivity contribution in [3.63, 3.8) is 0 Å². The van der Waals surface area contributed by atoms with Crippen LogP contribution in [0.25, 0.3) is 11.1 Å². The highest BCUT2D eigenvalue weighted by Crippen LogP contribution is 2.29. The highest BCUT2D eigenvalue weighted by atomic mass is 16.5. The van der Waals surface area contributed by atoms with Crippen LogP contribution in [0, 0.1) is 0 Å². The molecule has 2 aromatic carbocycles. The molecule has 0 aliphatic rings. The maximum atomic E-state index is 11.9. The van der Waals surface area contributed by atoms with Crippen molar-refractivity contribution in [1.82, 2.24) is 20.6 Å². The normalized spacial score (nSPS) is 10.2. The molecule has 7 nitrogen and oxygen atoms in total. The number of hydrogen-bond acceptors (Lipinski definition) is 4. The maximum Gasteiger partial charge on any atom is 0.276 e. The number of aromatic nitrogens is 2. The summed E-state index contributed by atoms with van der Waals surface area (Å²) in [7, 11) is 1.70. The van der Waals surface area contributed by atoms with Gasteiger partial charge in [0.1, 0.15) is 5.75 Å². The van der Waals surface area contributed by atoms with Gasteiger partial charge in [-0.2, -0.15) is 5.10 Å². The molecule has 26 heavy (non-hydrogen) atoms. The Hall–Kier alpha value is -3.61. The number of aryl methyl sites for hydroxylation is 1. The molecule has 132 valence electrons. The van der Waals surface area contributed by atoms with Crippen LogP contribution in [0.5, 0.6) is 5.75 Å². The zero-order chi connectivity index (χ0) is 18.4. The van der Waals surface area contributed by atoms with Crippen molar-refractivity contribution in [2.45, 2.75) is 0 Å². The number of rotatable bonds is 5. The molecule has 0 fully saturated rings. The number of carbonyl (C=O) groups excluding carboxylic acids is 2. The molecule has 3 rings (SSSR count). The minimum atomic E-state index is -0.467. The lowest BCUT2D eigenvalue weighted by Crippen LogP contribution is -2.43. The lowest BCUT2D eigenvalue weighted by molar-refractivity contribution is -0.123. The van der Waals surface area contributed by atoms with E-state index in [4.69, 9.17) is 4.74 Å². The van der Waals surface area contributed by atoms with E-state index in [1.54, 1.807) is 19.3 Å². The quantitative estimate of drug-likeness (QED) is 0.689. The topological polar surface area (TPSA) is 85.2 Å². The Balaban J connectivity index is 1.56. The smallest absolute Gasteiger partial charge is 0.276 e. The van der Waals surface area contributed by atoms with Crippen molar-refractivity contribution < 1.29 is 14.3 Å². The predicted octanol–water partition coefficient (Wildman–Crippen LogP) is 1.93. The summed E-state index contributed by atoms with van der Waals surface area (Å²) < 4.78 is 7.12. The molecule has 0 radical (unpaired) electrons. The van der Waals surface area contributed by atoms with Gasteiger partial charge in [0.25, 0.3) is 11.8 Å². The van der Waals surface area contributed by atoms with Crippen LogP contribution in [0.2, 0.25) is 0 Å². The average Bonchev–Trinajstić information content (AvgIpc) is 3.12. The van der Waals surface area contributed by atoms with Crippen LogP contribution in [0.3, 0.4) is 0 Å². The molecule has 3 aromatic rings. The summed E-state index contributed by atoms with van der Waals surface area (Å²) in [6.07, 6.45) is 2.96. The summed E-state index contributed by atoms with van der Waals surface area (Å²) in [5.41, 5.74) is 6.88. The minimum absolute atomic E-state index is 0.225. The van der Waals surface area contributed by atoms with Gasteiger partial charge < -0.3 is 4.74 Å². The Kier molecular flexibility index (Phi) is 5.28. The number of amides is 2. The molecular formula is C19H18N4O3. The number of hydrazine groups is 1. The van der Waals surface area contributed by atoms with Gasteiger partial charge >= 0.3 is 0 Å². The van der Waals surface area contributed by atoms with Crippen LogP contribution in [-0.4, -0.2) is 28.2 Å².